The van der Waals surface area contributed by atoms with Crippen molar-refractivity contribution in [2.75, 3.05) is 32.1 Å². The van der Waals surface area contributed by atoms with Crippen LogP contribution in [0.15, 0.2) is 48.5 Å². The molecule has 3 aromatic rings. The summed E-state index contributed by atoms with van der Waals surface area (Å²) < 4.78 is 42.7. The van der Waals surface area contributed by atoms with Gasteiger partial charge in [-0.1, -0.05) is 37.3 Å². The highest BCUT2D eigenvalue weighted by atomic mass is 19.1. The van der Waals surface area contributed by atoms with Gasteiger partial charge < -0.3 is 30.1 Å². The maximum absolute atomic E-state index is 15.8. The number of carboxylic acids is 1. The molecular formula is C28H32F2N4O4. The van der Waals surface area contributed by atoms with E-state index < -0.39 is 35.5 Å². The van der Waals surface area contributed by atoms with Gasteiger partial charge in [-0.2, -0.15) is 13.8 Å². The average molecular weight is 527 g/mol. The number of carboxylic acid groups (broad SMARTS) is 1. The molecule has 0 saturated carbocycles. The van der Waals surface area contributed by atoms with Crippen molar-refractivity contribution >= 4 is 11.7 Å². The predicted molar refractivity (Wildman–Crippen MR) is 141 cm³/mol. The number of likely N-dealkylation sites (N-methyl/N-ethyl adjacent to an activating group) is 1. The quantitative estimate of drug-likeness (QED) is 0.394. The Morgan fingerprint density at radius 2 is 1.84 bits per heavy atom. The summed E-state index contributed by atoms with van der Waals surface area (Å²) in [6, 6.07) is 14.8. The van der Waals surface area contributed by atoms with Crippen LogP contribution in [0.2, 0.25) is 0 Å². The molecule has 2 atom stereocenters. The Morgan fingerprint density at radius 1 is 1.16 bits per heavy atom. The Kier molecular flexibility index (Phi) is 8.43. The third kappa shape index (κ3) is 5.87. The molecule has 0 amide bonds. The van der Waals surface area contributed by atoms with E-state index in [1.165, 1.54) is 0 Å². The number of benzene rings is 2. The van der Waals surface area contributed by atoms with Gasteiger partial charge in [-0.3, -0.25) is 0 Å². The van der Waals surface area contributed by atoms with Crippen molar-refractivity contribution in [2.45, 2.75) is 38.5 Å². The molecule has 8 nitrogen and oxygen atoms in total. The van der Waals surface area contributed by atoms with E-state index in [0.29, 0.717) is 26.1 Å². The number of anilines is 1. The highest BCUT2D eigenvalue weighted by Crippen LogP contribution is 2.39. The van der Waals surface area contributed by atoms with Crippen LogP contribution in [0, 0.1) is 11.6 Å². The van der Waals surface area contributed by atoms with Crippen molar-refractivity contribution in [3.8, 4) is 28.6 Å². The van der Waals surface area contributed by atoms with Crippen LogP contribution in [-0.2, 0) is 11.3 Å². The van der Waals surface area contributed by atoms with E-state index in [1.54, 1.807) is 30.0 Å². The van der Waals surface area contributed by atoms with E-state index in [1.807, 2.05) is 49.3 Å². The molecule has 0 radical (unpaired) electrons. The maximum Gasteiger partial charge on any atom is 0.344 e. The number of carbonyl (C=O) groups is 1. The van der Waals surface area contributed by atoms with Gasteiger partial charge in [0.15, 0.2) is 6.10 Å². The zero-order chi connectivity index (χ0) is 27.4. The van der Waals surface area contributed by atoms with Gasteiger partial charge in [0, 0.05) is 25.7 Å². The molecule has 0 spiro atoms. The lowest BCUT2D eigenvalue weighted by molar-refractivity contribution is -0.145. The first-order valence-corrected chi connectivity index (χ1v) is 12.5. The Bertz CT molecular complexity index is 1300. The average Bonchev–Trinajstić information content (AvgIpc) is 3.40. The summed E-state index contributed by atoms with van der Waals surface area (Å²) in [4.78, 5) is 19.1. The van der Waals surface area contributed by atoms with Crippen LogP contribution in [0.3, 0.4) is 0 Å². The van der Waals surface area contributed by atoms with Crippen LogP contribution in [0.1, 0.15) is 25.3 Å². The highest BCUT2D eigenvalue weighted by Gasteiger charge is 2.33. The summed E-state index contributed by atoms with van der Waals surface area (Å²) in [7, 11) is 3.82. The molecule has 0 aliphatic carbocycles. The molecule has 38 heavy (non-hydrogen) atoms. The summed E-state index contributed by atoms with van der Waals surface area (Å²) in [5.74, 6) is -4.16. The summed E-state index contributed by atoms with van der Waals surface area (Å²) in [6.07, 6.45) is -0.582. The lowest BCUT2D eigenvalue weighted by Crippen LogP contribution is -2.32. The number of aliphatic carboxylic acids is 1. The van der Waals surface area contributed by atoms with Crippen LogP contribution in [-0.4, -0.2) is 60.3 Å². The summed E-state index contributed by atoms with van der Waals surface area (Å²) in [6.45, 7) is 2.77. The highest BCUT2D eigenvalue weighted by molar-refractivity contribution is 5.72. The van der Waals surface area contributed by atoms with Crippen molar-refractivity contribution in [1.29, 1.82) is 0 Å². The molecule has 10 heteroatoms. The van der Waals surface area contributed by atoms with E-state index in [0.717, 1.165) is 16.7 Å². The van der Waals surface area contributed by atoms with Gasteiger partial charge in [-0.15, -0.1) is 0 Å². The third-order valence-electron chi connectivity index (χ3n) is 6.65. The molecule has 1 aliphatic rings. The van der Waals surface area contributed by atoms with Gasteiger partial charge in [0.25, 0.3) is 11.8 Å². The third-order valence-corrected chi connectivity index (χ3v) is 6.65. The van der Waals surface area contributed by atoms with Gasteiger partial charge in [0.05, 0.1) is 0 Å². The molecule has 2 heterocycles. The van der Waals surface area contributed by atoms with Crippen LogP contribution in [0.4, 0.5) is 14.5 Å². The fraction of sp³-hybridized carbons (Fsp3) is 0.357. The van der Waals surface area contributed by atoms with Crippen molar-refractivity contribution in [3.05, 3.63) is 65.7 Å². The van der Waals surface area contributed by atoms with Gasteiger partial charge in [0.2, 0.25) is 11.6 Å². The zero-order valence-electron chi connectivity index (χ0n) is 21.7. The molecule has 1 aromatic heterocycles. The van der Waals surface area contributed by atoms with E-state index in [9.17, 15) is 9.90 Å². The number of nitrogens with zero attached hydrogens (tertiary/aromatic N) is 3. The molecule has 0 bridgehead atoms. The summed E-state index contributed by atoms with van der Waals surface area (Å²) in [5, 5.41) is 9.43. The van der Waals surface area contributed by atoms with E-state index in [2.05, 4.69) is 4.98 Å². The lowest BCUT2D eigenvalue weighted by atomic mass is 10.0. The molecule has 1 fully saturated rings. The number of aromatic nitrogens is 1. The predicted octanol–water partition coefficient (Wildman–Crippen LogP) is 4.66. The lowest BCUT2D eigenvalue weighted by Gasteiger charge is -2.24. The Balaban J connectivity index is 1.73. The summed E-state index contributed by atoms with van der Waals surface area (Å²) >= 11 is 0. The number of pyridine rings is 1. The largest absolute Gasteiger partial charge is 0.479 e. The Morgan fingerprint density at radius 3 is 2.47 bits per heavy atom. The number of nitrogens with two attached hydrogens (primary N) is 1. The Hall–Kier alpha value is -3.76. The summed E-state index contributed by atoms with van der Waals surface area (Å²) in [5.41, 5.74) is 8.08. The standard InChI is InChI=1S/C28H32F2N4O4/c1-4-22(28(35)36)38-27-24(30)25(34-12-11-20(16-34)33(2)3)23(29)26(32-27)37-21-10-6-9-19(14-21)18-8-5-7-17(13-18)15-31/h5-10,13-14,20,22H,4,11-12,15-16,31H2,1-3H3,(H,35,36)/t20?,22-/m1/s1. The monoisotopic (exact) mass is 526 g/mol. The van der Waals surface area contributed by atoms with Crippen molar-refractivity contribution in [2.24, 2.45) is 5.73 Å². The topological polar surface area (TPSA) is 101 Å². The molecule has 202 valence electrons. The normalized spacial score (nSPS) is 16.1. The van der Waals surface area contributed by atoms with Crippen molar-refractivity contribution < 1.29 is 28.2 Å². The van der Waals surface area contributed by atoms with Crippen molar-refractivity contribution in [1.82, 2.24) is 9.88 Å². The molecule has 3 N–H and O–H groups in total. The van der Waals surface area contributed by atoms with Crippen LogP contribution in [0.5, 0.6) is 17.5 Å². The first-order chi connectivity index (χ1) is 18.2. The van der Waals surface area contributed by atoms with Gasteiger partial charge in [-0.25, -0.2) is 4.79 Å². The number of hydrogen-bond donors (Lipinski definition) is 2. The molecule has 1 unspecified atom stereocenters. The molecule has 1 saturated heterocycles. The van der Waals surface area contributed by atoms with Crippen molar-refractivity contribution in [3.63, 3.8) is 0 Å². The smallest absolute Gasteiger partial charge is 0.344 e. The minimum Gasteiger partial charge on any atom is -0.479 e. The van der Waals surface area contributed by atoms with E-state index >= 15 is 8.78 Å². The Labute approximate surface area is 220 Å². The SMILES string of the molecule is CC[C@@H](Oc1nc(Oc2cccc(-c3cccc(CN)c3)c2)c(F)c(N2CCC(N(C)C)C2)c1F)C(=O)O. The minimum absolute atomic E-state index is 0.0652. The first-order valence-electron chi connectivity index (χ1n) is 12.5. The van der Waals surface area contributed by atoms with Gasteiger partial charge in [0.1, 0.15) is 11.4 Å². The number of rotatable bonds is 10. The molecule has 2 aromatic carbocycles. The van der Waals surface area contributed by atoms with Crippen LogP contribution in [0.25, 0.3) is 11.1 Å². The van der Waals surface area contributed by atoms with Gasteiger partial charge in [-0.05, 0) is 61.8 Å². The van der Waals surface area contributed by atoms with E-state index in [4.69, 9.17) is 15.2 Å². The second-order valence-electron chi connectivity index (χ2n) is 9.44. The second kappa shape index (κ2) is 11.7. The fourth-order valence-corrected chi connectivity index (χ4v) is 4.45. The van der Waals surface area contributed by atoms with Crippen LogP contribution >= 0.6 is 0 Å². The number of halogens is 2. The second-order valence-corrected chi connectivity index (χ2v) is 9.44. The number of ether oxygens (including phenoxy) is 2. The molecule has 1 aliphatic heterocycles. The molecule has 4 rings (SSSR count). The van der Waals surface area contributed by atoms with E-state index in [-0.39, 0.29) is 23.9 Å². The maximum atomic E-state index is 15.8. The fourth-order valence-electron chi connectivity index (χ4n) is 4.45. The van der Waals surface area contributed by atoms with Crippen LogP contribution < -0.4 is 20.1 Å². The molecular weight excluding hydrogens is 494 g/mol. The number of hydrogen-bond acceptors (Lipinski definition) is 7. The zero-order valence-corrected chi connectivity index (χ0v) is 21.7. The first kappa shape index (κ1) is 27.3. The van der Waals surface area contributed by atoms with Gasteiger partial charge >= 0.3 is 5.97 Å². The minimum atomic E-state index is -1.35.